The lowest BCUT2D eigenvalue weighted by atomic mass is 10.1. The maximum absolute atomic E-state index is 12.8. The highest BCUT2D eigenvalue weighted by Gasteiger charge is 2.26. The second-order valence-electron chi connectivity index (χ2n) is 8.33. The fourth-order valence-electron chi connectivity index (χ4n) is 3.55. The minimum absolute atomic E-state index is 0.105. The standard InChI is InChI=1S/C23H32N6O5/c1-15-4-5-17-12-18(15)34-11-8-25-20(31)14-29(13-19-24-6-9-28(19)3)10-7-26-23(33)21(16(2)30)27-22(17)32/h4-6,9,12,16,21,30H,7-8,10-11,13-14H2,1-3H3,(H,25,31)(H,26,33)(H,27,32)/t16-,21+/m1/s1. The molecule has 11 nitrogen and oxygen atoms in total. The molecule has 1 aromatic carbocycles. The Balaban J connectivity index is 1.79. The van der Waals surface area contributed by atoms with Gasteiger partial charge < -0.3 is 30.4 Å². The number of rotatable bonds is 3. The van der Waals surface area contributed by atoms with Crippen LogP contribution in [-0.4, -0.2) is 82.2 Å². The number of aliphatic hydroxyl groups excluding tert-OH is 1. The summed E-state index contributed by atoms with van der Waals surface area (Å²) in [5.41, 5.74) is 1.13. The molecular weight excluding hydrogens is 440 g/mol. The number of aliphatic hydroxyl groups is 1. The predicted molar refractivity (Wildman–Crippen MR) is 124 cm³/mol. The fraction of sp³-hybridized carbons (Fsp3) is 0.478. The number of carbonyl (C=O) groups is 3. The Morgan fingerprint density at radius 3 is 2.74 bits per heavy atom. The van der Waals surface area contributed by atoms with E-state index < -0.39 is 24.0 Å². The molecule has 3 amide bonds. The quantitative estimate of drug-likeness (QED) is 0.465. The van der Waals surface area contributed by atoms with Crippen molar-refractivity contribution in [1.29, 1.82) is 0 Å². The van der Waals surface area contributed by atoms with Gasteiger partial charge in [0.05, 0.1) is 25.7 Å². The summed E-state index contributed by atoms with van der Waals surface area (Å²) in [6.45, 7) is 4.91. The molecule has 1 aliphatic rings. The number of hydrogen-bond donors (Lipinski definition) is 4. The van der Waals surface area contributed by atoms with Crippen LogP contribution in [0.2, 0.25) is 0 Å². The Labute approximate surface area is 198 Å². The molecule has 2 aromatic rings. The van der Waals surface area contributed by atoms with Gasteiger partial charge in [-0.25, -0.2) is 4.98 Å². The van der Waals surface area contributed by atoms with Crippen LogP contribution < -0.4 is 20.7 Å². The summed E-state index contributed by atoms with van der Waals surface area (Å²) < 4.78 is 7.64. The Hall–Kier alpha value is -3.44. The maximum atomic E-state index is 12.8. The van der Waals surface area contributed by atoms with Crippen molar-refractivity contribution in [2.45, 2.75) is 32.5 Å². The Morgan fingerprint density at radius 2 is 2.03 bits per heavy atom. The Morgan fingerprint density at radius 1 is 1.24 bits per heavy atom. The number of aromatic nitrogens is 2. The third-order valence-corrected chi connectivity index (χ3v) is 5.56. The van der Waals surface area contributed by atoms with Crippen LogP contribution in [0.4, 0.5) is 0 Å². The van der Waals surface area contributed by atoms with Gasteiger partial charge in [0, 0.05) is 38.1 Å². The summed E-state index contributed by atoms with van der Waals surface area (Å²) >= 11 is 0. The molecule has 0 saturated heterocycles. The summed E-state index contributed by atoms with van der Waals surface area (Å²) in [6, 6.07) is 3.81. The normalized spacial score (nSPS) is 19.9. The largest absolute Gasteiger partial charge is 0.491 e. The van der Waals surface area contributed by atoms with E-state index in [4.69, 9.17) is 4.74 Å². The fourth-order valence-corrected chi connectivity index (χ4v) is 3.55. The average Bonchev–Trinajstić information content (AvgIpc) is 3.19. The minimum Gasteiger partial charge on any atom is -0.491 e. The lowest BCUT2D eigenvalue weighted by Crippen LogP contribution is -2.53. The third kappa shape index (κ3) is 6.78. The van der Waals surface area contributed by atoms with Gasteiger partial charge in [-0.1, -0.05) is 6.07 Å². The molecule has 34 heavy (non-hydrogen) atoms. The maximum Gasteiger partial charge on any atom is 0.252 e. The molecule has 0 radical (unpaired) electrons. The van der Waals surface area contributed by atoms with Gasteiger partial charge in [-0.15, -0.1) is 0 Å². The number of fused-ring (bicyclic) bond motifs is 2. The molecule has 0 saturated carbocycles. The Kier molecular flexibility index (Phi) is 8.61. The number of benzene rings is 1. The molecule has 11 heteroatoms. The van der Waals surface area contributed by atoms with Crippen molar-refractivity contribution in [3.05, 3.63) is 47.5 Å². The van der Waals surface area contributed by atoms with E-state index in [1.54, 1.807) is 24.4 Å². The lowest BCUT2D eigenvalue weighted by Gasteiger charge is -2.24. The highest BCUT2D eigenvalue weighted by Crippen LogP contribution is 2.19. The molecular formula is C23H32N6O5. The second-order valence-corrected chi connectivity index (χ2v) is 8.33. The number of nitrogens with zero attached hydrogens (tertiary/aromatic N) is 3. The molecule has 4 N–H and O–H groups in total. The van der Waals surface area contributed by atoms with Crippen LogP contribution in [0, 0.1) is 6.92 Å². The molecule has 1 aliphatic heterocycles. The molecule has 0 spiro atoms. The van der Waals surface area contributed by atoms with Gasteiger partial charge >= 0.3 is 0 Å². The SMILES string of the molecule is Cc1ccc2cc1OCCNC(=O)CN(Cc1nccn1C)CCNC(=O)[C@H]([C@@H](C)O)NC2=O. The summed E-state index contributed by atoms with van der Waals surface area (Å²) in [6.07, 6.45) is 2.39. The number of nitrogens with one attached hydrogen (secondary N) is 3. The zero-order valence-corrected chi connectivity index (χ0v) is 19.7. The van der Waals surface area contributed by atoms with E-state index in [1.165, 1.54) is 6.92 Å². The van der Waals surface area contributed by atoms with Gasteiger partial charge in [0.25, 0.3) is 5.91 Å². The van der Waals surface area contributed by atoms with E-state index in [1.807, 2.05) is 29.6 Å². The van der Waals surface area contributed by atoms with Crippen molar-refractivity contribution in [2.75, 3.05) is 32.8 Å². The minimum atomic E-state index is -1.14. The lowest BCUT2D eigenvalue weighted by molar-refractivity contribution is -0.125. The van der Waals surface area contributed by atoms with Gasteiger partial charge in [0.15, 0.2) is 0 Å². The van der Waals surface area contributed by atoms with E-state index in [0.717, 1.165) is 11.4 Å². The highest BCUT2D eigenvalue weighted by atomic mass is 16.5. The Bertz CT molecular complexity index is 1020. The van der Waals surface area contributed by atoms with Gasteiger partial charge in [-0.3, -0.25) is 19.3 Å². The van der Waals surface area contributed by atoms with Crippen LogP contribution in [-0.2, 0) is 23.2 Å². The molecule has 2 heterocycles. The number of amides is 3. The van der Waals surface area contributed by atoms with Crippen molar-refractivity contribution in [2.24, 2.45) is 7.05 Å². The number of imidazole rings is 1. The van der Waals surface area contributed by atoms with Crippen molar-refractivity contribution in [3.8, 4) is 5.75 Å². The monoisotopic (exact) mass is 472 g/mol. The van der Waals surface area contributed by atoms with Gasteiger partial charge in [0.1, 0.15) is 24.2 Å². The topological polar surface area (TPSA) is 138 Å². The summed E-state index contributed by atoms with van der Waals surface area (Å²) in [5, 5.41) is 18.3. The van der Waals surface area contributed by atoms with Crippen LogP contribution >= 0.6 is 0 Å². The van der Waals surface area contributed by atoms with Crippen molar-refractivity contribution < 1.29 is 24.2 Å². The van der Waals surface area contributed by atoms with Gasteiger partial charge in [-0.05, 0) is 31.5 Å². The smallest absolute Gasteiger partial charge is 0.252 e. The first kappa shape index (κ1) is 25.2. The molecule has 2 atom stereocenters. The first-order valence-electron chi connectivity index (χ1n) is 11.2. The number of ether oxygens (including phenoxy) is 1. The molecule has 3 rings (SSSR count). The molecule has 0 unspecified atom stereocenters. The number of hydrogen-bond acceptors (Lipinski definition) is 7. The summed E-state index contributed by atoms with van der Waals surface area (Å²) in [5.74, 6) is 0.0769. The van der Waals surface area contributed by atoms with E-state index >= 15 is 0 Å². The van der Waals surface area contributed by atoms with E-state index in [9.17, 15) is 19.5 Å². The van der Waals surface area contributed by atoms with Gasteiger partial charge in [-0.2, -0.15) is 0 Å². The van der Waals surface area contributed by atoms with Crippen LogP contribution in [0.3, 0.4) is 0 Å². The molecule has 184 valence electrons. The van der Waals surface area contributed by atoms with Crippen molar-refractivity contribution >= 4 is 17.7 Å². The van der Waals surface area contributed by atoms with Crippen LogP contribution in [0.15, 0.2) is 30.6 Å². The first-order chi connectivity index (χ1) is 16.2. The van der Waals surface area contributed by atoms with Crippen LogP contribution in [0.5, 0.6) is 5.75 Å². The van der Waals surface area contributed by atoms with Crippen molar-refractivity contribution in [1.82, 2.24) is 30.4 Å². The number of aryl methyl sites for hydroxylation is 2. The van der Waals surface area contributed by atoms with E-state index in [-0.39, 0.29) is 25.6 Å². The molecule has 0 aliphatic carbocycles. The van der Waals surface area contributed by atoms with Crippen molar-refractivity contribution in [3.63, 3.8) is 0 Å². The summed E-state index contributed by atoms with van der Waals surface area (Å²) in [4.78, 5) is 44.2. The molecule has 0 fully saturated rings. The first-order valence-corrected chi connectivity index (χ1v) is 11.2. The second kappa shape index (κ2) is 11.6. The average molecular weight is 473 g/mol. The van der Waals surface area contributed by atoms with E-state index in [0.29, 0.717) is 30.9 Å². The zero-order valence-electron chi connectivity index (χ0n) is 19.7. The van der Waals surface area contributed by atoms with E-state index in [2.05, 4.69) is 20.9 Å². The van der Waals surface area contributed by atoms with Crippen LogP contribution in [0.1, 0.15) is 28.7 Å². The molecule has 1 aromatic heterocycles. The van der Waals surface area contributed by atoms with Crippen LogP contribution in [0.25, 0.3) is 0 Å². The van der Waals surface area contributed by atoms with Gasteiger partial charge in [0.2, 0.25) is 11.8 Å². The third-order valence-electron chi connectivity index (χ3n) is 5.56. The summed E-state index contributed by atoms with van der Waals surface area (Å²) in [7, 11) is 1.87. The zero-order chi connectivity index (χ0) is 24.7. The number of carbonyl (C=O) groups excluding carboxylic acids is 3. The predicted octanol–water partition coefficient (Wildman–Crippen LogP) is -0.665. The highest BCUT2D eigenvalue weighted by molar-refractivity contribution is 5.98. The molecule has 2 bridgehead atoms.